The van der Waals surface area contributed by atoms with E-state index < -0.39 is 55.6 Å². The molecule has 13 nitrogen and oxygen atoms in total. The highest BCUT2D eigenvalue weighted by molar-refractivity contribution is 6.11. The molecule has 0 aliphatic rings. The van der Waals surface area contributed by atoms with E-state index in [9.17, 15) is 45.4 Å². The zero-order valence-electron chi connectivity index (χ0n) is 16.0. The lowest BCUT2D eigenvalue weighted by Crippen LogP contribution is -2.02. The van der Waals surface area contributed by atoms with Gasteiger partial charge in [0.2, 0.25) is 11.5 Å². The van der Waals surface area contributed by atoms with Crippen molar-refractivity contribution in [2.24, 2.45) is 11.7 Å². The molecule has 0 fully saturated rings. The van der Waals surface area contributed by atoms with Gasteiger partial charge in [-0.2, -0.15) is 0 Å². The number of phenols is 4. The molecular weight excluding hydrogens is 428 g/mol. The quantitative estimate of drug-likeness (QED) is 0.0831. The van der Waals surface area contributed by atoms with Gasteiger partial charge in [0.15, 0.2) is 17.3 Å². The smallest absolute Gasteiger partial charge is 0.284 e. The first-order valence-electron chi connectivity index (χ1n) is 8.50. The second kappa shape index (κ2) is 9.38. The second-order valence-electron chi connectivity index (χ2n) is 6.11. The molecule has 0 radical (unpaired) electrons. The van der Waals surface area contributed by atoms with Crippen LogP contribution in [0.15, 0.2) is 48.5 Å². The number of benzene rings is 3. The van der Waals surface area contributed by atoms with Crippen LogP contribution in [0.2, 0.25) is 0 Å². The van der Waals surface area contributed by atoms with Crippen molar-refractivity contribution in [1.82, 2.24) is 0 Å². The number of phenolic OH excluding ortho intramolecular Hbond substituents is 4. The molecule has 0 saturated heterocycles. The summed E-state index contributed by atoms with van der Waals surface area (Å²) in [4.78, 5) is 33.2. The number of nitrogens with zero attached hydrogens (tertiary/aromatic N) is 2. The van der Waals surface area contributed by atoms with Crippen LogP contribution >= 0.6 is 0 Å². The number of rotatable bonds is 5. The number of aromatic hydroxyl groups is 4. The minimum Gasteiger partial charge on any atom is -0.504 e. The number of nitro benzene ring substituents is 2. The van der Waals surface area contributed by atoms with Gasteiger partial charge in [-0.1, -0.05) is 24.3 Å². The Morgan fingerprint density at radius 2 is 1.38 bits per heavy atom. The predicted molar refractivity (Wildman–Crippen MR) is 110 cm³/mol. The molecule has 3 rings (SSSR count). The number of nitrogens with two attached hydrogens (primary N) is 2. The molecule has 3 aromatic carbocycles. The topological polar surface area (TPSA) is 236 Å². The lowest BCUT2D eigenvalue weighted by molar-refractivity contribution is -0.393. The van der Waals surface area contributed by atoms with Crippen molar-refractivity contribution in [1.29, 1.82) is 0 Å². The molecule has 13 heteroatoms. The van der Waals surface area contributed by atoms with Gasteiger partial charge in [-0.3, -0.25) is 36.7 Å². The highest BCUT2D eigenvalue weighted by Gasteiger charge is 2.23. The van der Waals surface area contributed by atoms with Crippen LogP contribution in [0.1, 0.15) is 15.9 Å². The molecule has 0 heterocycles. The molecule has 0 saturated carbocycles. The normalized spacial score (nSPS) is 10.1. The number of hydrogen-bond acceptors (Lipinski definition) is 11. The lowest BCUT2D eigenvalue weighted by Gasteiger charge is -2.09. The molecule has 0 aliphatic heterocycles. The zero-order valence-corrected chi connectivity index (χ0v) is 16.0. The lowest BCUT2D eigenvalue weighted by atomic mass is 9.97. The van der Waals surface area contributed by atoms with Crippen LogP contribution < -0.4 is 11.7 Å². The van der Waals surface area contributed by atoms with Gasteiger partial charge in [0.25, 0.3) is 11.4 Å². The molecule has 0 aliphatic carbocycles. The maximum Gasteiger partial charge on any atom is 0.284 e. The van der Waals surface area contributed by atoms with E-state index in [1.165, 1.54) is 30.3 Å². The molecule has 3 aromatic rings. The number of carbonyl (C=O) groups is 1. The largest absolute Gasteiger partial charge is 0.504 e. The Labute approximate surface area is 178 Å². The Morgan fingerprint density at radius 3 is 1.91 bits per heavy atom. The zero-order chi connectivity index (χ0) is 24.2. The van der Waals surface area contributed by atoms with Crippen LogP contribution in [0.4, 0.5) is 11.4 Å². The number of ketones is 1. The minimum absolute atomic E-state index is 0.00287. The molecular formula is C19H16N4O9. The van der Waals surface area contributed by atoms with Crippen LogP contribution in [-0.4, -0.2) is 36.1 Å². The molecule has 0 atom stereocenters. The van der Waals surface area contributed by atoms with Gasteiger partial charge in [-0.15, -0.1) is 0 Å². The van der Waals surface area contributed by atoms with E-state index in [1.807, 2.05) is 0 Å². The standard InChI is InChI=1S/C19H12N2O9.H4N2/c22-15-8-13(17(24)19(26)18(15)25)16(23)10-3-1-9(2-4-10)12-6-5-11(20(27)28)7-14(12)21(29)30;1-2/h1-8,22,24-26H;1-2H2. The van der Waals surface area contributed by atoms with Gasteiger partial charge >= 0.3 is 0 Å². The van der Waals surface area contributed by atoms with Crippen molar-refractivity contribution in [3.05, 3.63) is 79.9 Å². The van der Waals surface area contributed by atoms with Crippen molar-refractivity contribution in [3.8, 4) is 34.1 Å². The molecule has 0 bridgehead atoms. The molecule has 0 aromatic heterocycles. The fourth-order valence-electron chi connectivity index (χ4n) is 2.79. The average molecular weight is 444 g/mol. The second-order valence-corrected chi connectivity index (χ2v) is 6.11. The van der Waals surface area contributed by atoms with E-state index in [0.29, 0.717) is 5.56 Å². The maximum atomic E-state index is 12.6. The molecule has 0 amide bonds. The Bertz CT molecular complexity index is 1210. The van der Waals surface area contributed by atoms with Crippen molar-refractivity contribution in [2.75, 3.05) is 0 Å². The average Bonchev–Trinajstić information content (AvgIpc) is 2.80. The Kier molecular flexibility index (Phi) is 6.89. The van der Waals surface area contributed by atoms with E-state index in [0.717, 1.165) is 18.2 Å². The number of carbonyl (C=O) groups excluding carboxylic acids is 1. The number of non-ortho nitro benzene ring substituents is 1. The molecule has 8 N–H and O–H groups in total. The number of hydrogen-bond donors (Lipinski definition) is 6. The SMILES string of the molecule is NN.O=C(c1ccc(-c2ccc([N+](=O)[O-])cc2[N+](=O)[O-])cc1)c1cc(O)c(O)c(O)c1O. The van der Waals surface area contributed by atoms with E-state index >= 15 is 0 Å². The summed E-state index contributed by atoms with van der Waals surface area (Å²) in [7, 11) is 0. The summed E-state index contributed by atoms with van der Waals surface area (Å²) in [6.07, 6.45) is 0. The van der Waals surface area contributed by atoms with Crippen LogP contribution in [-0.2, 0) is 0 Å². The van der Waals surface area contributed by atoms with E-state index in [-0.39, 0.29) is 11.1 Å². The van der Waals surface area contributed by atoms with Gasteiger partial charge in [0.1, 0.15) is 0 Å². The molecule has 0 unspecified atom stereocenters. The maximum absolute atomic E-state index is 12.6. The summed E-state index contributed by atoms with van der Waals surface area (Å²) in [6.45, 7) is 0. The summed E-state index contributed by atoms with van der Waals surface area (Å²) < 4.78 is 0. The third-order valence-electron chi connectivity index (χ3n) is 4.32. The molecule has 32 heavy (non-hydrogen) atoms. The predicted octanol–water partition coefficient (Wildman–Crippen LogP) is 2.04. The van der Waals surface area contributed by atoms with Crippen LogP contribution in [0.25, 0.3) is 11.1 Å². The Hall–Kier alpha value is -4.75. The fourth-order valence-corrected chi connectivity index (χ4v) is 2.79. The summed E-state index contributed by atoms with van der Waals surface area (Å²) >= 11 is 0. The van der Waals surface area contributed by atoms with Crippen molar-refractivity contribution >= 4 is 17.2 Å². The van der Waals surface area contributed by atoms with Gasteiger partial charge in [0, 0.05) is 11.6 Å². The number of nitro groups is 2. The molecule has 0 spiro atoms. The third-order valence-corrected chi connectivity index (χ3v) is 4.32. The van der Waals surface area contributed by atoms with Gasteiger partial charge in [-0.25, -0.2) is 0 Å². The van der Waals surface area contributed by atoms with Crippen molar-refractivity contribution in [2.45, 2.75) is 0 Å². The van der Waals surface area contributed by atoms with Crippen LogP contribution in [0, 0.1) is 20.2 Å². The summed E-state index contributed by atoms with van der Waals surface area (Å²) in [5, 5.41) is 60.5. The Balaban J connectivity index is 0.00000176. The third kappa shape index (κ3) is 4.38. The summed E-state index contributed by atoms with van der Waals surface area (Å²) in [5.74, 6) is 3.42. The monoisotopic (exact) mass is 444 g/mol. The molecule has 166 valence electrons. The van der Waals surface area contributed by atoms with Gasteiger partial charge in [-0.05, 0) is 17.7 Å². The van der Waals surface area contributed by atoms with Crippen molar-refractivity contribution in [3.63, 3.8) is 0 Å². The van der Waals surface area contributed by atoms with Crippen LogP contribution in [0.5, 0.6) is 23.0 Å². The highest BCUT2D eigenvalue weighted by Crippen LogP contribution is 2.44. The first-order valence-corrected chi connectivity index (χ1v) is 8.50. The van der Waals surface area contributed by atoms with Gasteiger partial charge < -0.3 is 20.4 Å². The van der Waals surface area contributed by atoms with Gasteiger partial charge in [0.05, 0.1) is 27.0 Å². The van der Waals surface area contributed by atoms with E-state index in [1.54, 1.807) is 0 Å². The van der Waals surface area contributed by atoms with Crippen LogP contribution in [0.3, 0.4) is 0 Å². The summed E-state index contributed by atoms with van der Waals surface area (Å²) in [6, 6.07) is 9.22. The summed E-state index contributed by atoms with van der Waals surface area (Å²) in [5.41, 5.74) is -1.02. The number of hydrazine groups is 1. The van der Waals surface area contributed by atoms with E-state index in [4.69, 9.17) is 0 Å². The van der Waals surface area contributed by atoms with E-state index in [2.05, 4.69) is 11.7 Å². The fraction of sp³-hybridized carbons (Fsp3) is 0. The first kappa shape index (κ1) is 23.5. The minimum atomic E-state index is -1.06. The Morgan fingerprint density at radius 1 is 0.781 bits per heavy atom. The highest BCUT2D eigenvalue weighted by atomic mass is 16.6. The van der Waals surface area contributed by atoms with Crippen molar-refractivity contribution < 1.29 is 35.1 Å². The first-order chi connectivity index (χ1) is 15.1.